The molecule has 0 spiro atoms. The summed E-state index contributed by atoms with van der Waals surface area (Å²) in [6, 6.07) is 15.8. The molecule has 166 valence electrons. The molecule has 0 radical (unpaired) electrons. The molecule has 0 bridgehead atoms. The van der Waals surface area contributed by atoms with E-state index in [-0.39, 0.29) is 23.8 Å². The van der Waals surface area contributed by atoms with Crippen LogP contribution in [0, 0.1) is 0 Å². The fraction of sp³-hybridized carbons (Fsp3) is 0.462. The van der Waals surface area contributed by atoms with E-state index >= 15 is 0 Å². The maximum atomic E-state index is 12.8. The van der Waals surface area contributed by atoms with Gasteiger partial charge in [0.25, 0.3) is 11.8 Å². The number of carbonyl (C=O) groups is 2. The largest absolute Gasteiger partial charge is 0.484 e. The van der Waals surface area contributed by atoms with Gasteiger partial charge in [-0.05, 0) is 47.2 Å². The molecule has 2 aromatic rings. The van der Waals surface area contributed by atoms with Crippen molar-refractivity contribution in [3.05, 3.63) is 65.2 Å². The van der Waals surface area contributed by atoms with Crippen LogP contribution in [0.5, 0.6) is 5.75 Å². The van der Waals surface area contributed by atoms with Gasteiger partial charge < -0.3 is 14.5 Å². The Morgan fingerprint density at radius 2 is 1.45 bits per heavy atom. The summed E-state index contributed by atoms with van der Waals surface area (Å²) in [5.41, 5.74) is 3.24. The van der Waals surface area contributed by atoms with Crippen LogP contribution in [0.4, 0.5) is 0 Å². The minimum Gasteiger partial charge on any atom is -0.484 e. The van der Waals surface area contributed by atoms with E-state index < -0.39 is 0 Å². The molecule has 3 rings (SSSR count). The Hall–Kier alpha value is -2.82. The predicted molar refractivity (Wildman–Crippen MR) is 124 cm³/mol. The standard InChI is InChI=1S/C26H34N2O3/c1-5-6-20-7-13-23(14-8-20)31-19-24(29)27-15-17-28(18-16-27)25(30)21-9-11-22(12-10-21)26(2,3)4/h7-14H,5-6,15-19H2,1-4H3. The molecule has 1 heterocycles. The molecule has 0 atom stereocenters. The van der Waals surface area contributed by atoms with Gasteiger partial charge >= 0.3 is 0 Å². The molecular formula is C26H34N2O3. The van der Waals surface area contributed by atoms with Gasteiger partial charge in [0.15, 0.2) is 6.61 Å². The van der Waals surface area contributed by atoms with E-state index in [0.717, 1.165) is 12.8 Å². The topological polar surface area (TPSA) is 49.9 Å². The average Bonchev–Trinajstić information content (AvgIpc) is 2.78. The van der Waals surface area contributed by atoms with Gasteiger partial charge in [0.2, 0.25) is 0 Å². The molecule has 0 aliphatic carbocycles. The second-order valence-corrected chi connectivity index (χ2v) is 9.18. The first-order chi connectivity index (χ1) is 14.8. The van der Waals surface area contributed by atoms with Crippen molar-refractivity contribution in [2.24, 2.45) is 0 Å². The molecule has 0 N–H and O–H groups in total. The number of aryl methyl sites for hydroxylation is 1. The lowest BCUT2D eigenvalue weighted by molar-refractivity contribution is -0.134. The maximum absolute atomic E-state index is 12.8. The maximum Gasteiger partial charge on any atom is 0.260 e. The zero-order valence-corrected chi connectivity index (χ0v) is 19.2. The SMILES string of the molecule is CCCc1ccc(OCC(=O)N2CCN(C(=O)c3ccc(C(C)(C)C)cc3)CC2)cc1. The van der Waals surface area contributed by atoms with Crippen LogP contribution >= 0.6 is 0 Å². The lowest BCUT2D eigenvalue weighted by Crippen LogP contribution is -2.51. The third-order valence-corrected chi connectivity index (χ3v) is 5.74. The summed E-state index contributed by atoms with van der Waals surface area (Å²) in [5.74, 6) is 0.691. The van der Waals surface area contributed by atoms with E-state index in [9.17, 15) is 9.59 Å². The lowest BCUT2D eigenvalue weighted by Gasteiger charge is -2.34. The van der Waals surface area contributed by atoms with Crippen LogP contribution in [0.3, 0.4) is 0 Å². The van der Waals surface area contributed by atoms with E-state index in [1.54, 1.807) is 4.90 Å². The highest BCUT2D eigenvalue weighted by Gasteiger charge is 2.25. The van der Waals surface area contributed by atoms with Crippen molar-refractivity contribution in [3.8, 4) is 5.75 Å². The number of carbonyl (C=O) groups excluding carboxylic acids is 2. The van der Waals surface area contributed by atoms with Crippen molar-refractivity contribution in [1.29, 1.82) is 0 Å². The third kappa shape index (κ3) is 6.09. The van der Waals surface area contributed by atoms with Crippen molar-refractivity contribution in [1.82, 2.24) is 9.80 Å². The molecule has 31 heavy (non-hydrogen) atoms. The molecule has 2 amide bonds. The highest BCUT2D eigenvalue weighted by Crippen LogP contribution is 2.22. The number of hydrogen-bond donors (Lipinski definition) is 0. The molecule has 1 aliphatic heterocycles. The molecule has 1 fully saturated rings. The summed E-state index contributed by atoms with van der Waals surface area (Å²) < 4.78 is 5.66. The Kier molecular flexibility index (Phi) is 7.37. The quantitative estimate of drug-likeness (QED) is 0.697. The number of ether oxygens (including phenoxy) is 1. The zero-order valence-electron chi connectivity index (χ0n) is 19.2. The predicted octanol–water partition coefficient (Wildman–Crippen LogP) is 4.30. The fourth-order valence-electron chi connectivity index (χ4n) is 3.73. The number of hydrogen-bond acceptors (Lipinski definition) is 3. The van der Waals surface area contributed by atoms with Gasteiger partial charge in [-0.1, -0.05) is 58.4 Å². The highest BCUT2D eigenvalue weighted by molar-refractivity contribution is 5.94. The highest BCUT2D eigenvalue weighted by atomic mass is 16.5. The van der Waals surface area contributed by atoms with Crippen molar-refractivity contribution in [2.75, 3.05) is 32.8 Å². The molecule has 1 saturated heterocycles. The van der Waals surface area contributed by atoms with Gasteiger partial charge in [-0.3, -0.25) is 9.59 Å². The van der Waals surface area contributed by atoms with Crippen molar-refractivity contribution in [2.45, 2.75) is 46.0 Å². The van der Waals surface area contributed by atoms with Crippen molar-refractivity contribution in [3.63, 3.8) is 0 Å². The average molecular weight is 423 g/mol. The summed E-state index contributed by atoms with van der Waals surface area (Å²) >= 11 is 0. The monoisotopic (exact) mass is 422 g/mol. The Morgan fingerprint density at radius 3 is 2.00 bits per heavy atom. The van der Waals surface area contributed by atoms with Gasteiger partial charge in [-0.15, -0.1) is 0 Å². The van der Waals surface area contributed by atoms with Crippen molar-refractivity contribution >= 4 is 11.8 Å². The number of piperazine rings is 1. The Morgan fingerprint density at radius 1 is 0.871 bits per heavy atom. The normalized spacial score (nSPS) is 14.5. The fourth-order valence-corrected chi connectivity index (χ4v) is 3.73. The molecule has 5 heteroatoms. The number of rotatable bonds is 6. The Labute approximate surface area is 186 Å². The van der Waals surface area contributed by atoms with E-state index in [1.807, 2.05) is 53.4 Å². The molecule has 1 aliphatic rings. The summed E-state index contributed by atoms with van der Waals surface area (Å²) in [6.07, 6.45) is 2.15. The zero-order chi connectivity index (χ0) is 22.4. The van der Waals surface area contributed by atoms with Crippen molar-refractivity contribution < 1.29 is 14.3 Å². The summed E-state index contributed by atoms with van der Waals surface area (Å²) in [5, 5.41) is 0. The lowest BCUT2D eigenvalue weighted by atomic mass is 9.86. The smallest absolute Gasteiger partial charge is 0.260 e. The third-order valence-electron chi connectivity index (χ3n) is 5.74. The number of nitrogens with zero attached hydrogens (tertiary/aromatic N) is 2. The van der Waals surface area contributed by atoms with Gasteiger partial charge in [-0.25, -0.2) is 0 Å². The van der Waals surface area contributed by atoms with E-state index in [0.29, 0.717) is 37.5 Å². The molecule has 0 unspecified atom stereocenters. The first-order valence-electron chi connectivity index (χ1n) is 11.2. The van der Waals surface area contributed by atoms with E-state index in [1.165, 1.54) is 11.1 Å². The molecule has 0 aromatic heterocycles. The van der Waals surface area contributed by atoms with E-state index in [2.05, 4.69) is 27.7 Å². The van der Waals surface area contributed by atoms with Crippen LogP contribution in [0.15, 0.2) is 48.5 Å². The summed E-state index contributed by atoms with van der Waals surface area (Å²) in [4.78, 5) is 28.9. The molecular weight excluding hydrogens is 388 g/mol. The van der Waals surface area contributed by atoms with Crippen LogP contribution in [-0.2, 0) is 16.6 Å². The van der Waals surface area contributed by atoms with Crippen LogP contribution in [-0.4, -0.2) is 54.4 Å². The van der Waals surface area contributed by atoms with Crippen LogP contribution in [0.1, 0.15) is 55.6 Å². The van der Waals surface area contributed by atoms with Crippen LogP contribution in [0.2, 0.25) is 0 Å². The van der Waals surface area contributed by atoms with Gasteiger partial charge in [0.1, 0.15) is 5.75 Å². The van der Waals surface area contributed by atoms with Gasteiger partial charge in [-0.2, -0.15) is 0 Å². The van der Waals surface area contributed by atoms with Crippen LogP contribution in [0.25, 0.3) is 0 Å². The van der Waals surface area contributed by atoms with Crippen LogP contribution < -0.4 is 4.74 Å². The van der Waals surface area contributed by atoms with E-state index in [4.69, 9.17) is 4.74 Å². The molecule has 0 saturated carbocycles. The Balaban J connectivity index is 1.47. The molecule has 5 nitrogen and oxygen atoms in total. The molecule has 2 aromatic carbocycles. The summed E-state index contributed by atoms with van der Waals surface area (Å²) in [7, 11) is 0. The first-order valence-corrected chi connectivity index (χ1v) is 11.2. The second kappa shape index (κ2) is 9.99. The number of amides is 2. The summed E-state index contributed by atoms with van der Waals surface area (Å²) in [6.45, 7) is 10.8. The number of benzene rings is 2. The second-order valence-electron chi connectivity index (χ2n) is 9.18. The van der Waals surface area contributed by atoms with Gasteiger partial charge in [0, 0.05) is 31.7 Å². The minimum atomic E-state index is -0.0423. The Bertz CT molecular complexity index is 874. The first kappa shape index (κ1) is 22.9. The van der Waals surface area contributed by atoms with Gasteiger partial charge in [0.05, 0.1) is 0 Å². The minimum absolute atomic E-state index is 0.0232.